The number of fused-ring (bicyclic) bond motifs is 2. The van der Waals surface area contributed by atoms with Crippen molar-refractivity contribution >= 4 is 23.6 Å². The quantitative estimate of drug-likeness (QED) is 0.804. The second-order valence-electron chi connectivity index (χ2n) is 7.50. The first kappa shape index (κ1) is 16.9. The lowest BCUT2D eigenvalue weighted by molar-refractivity contribution is -0.128. The number of anilines is 1. The molecule has 0 atom stereocenters. The van der Waals surface area contributed by atoms with E-state index < -0.39 is 5.66 Å². The Labute approximate surface area is 163 Å². The normalized spacial score (nSPS) is 19.5. The van der Waals surface area contributed by atoms with E-state index in [9.17, 15) is 9.59 Å². The minimum absolute atomic E-state index is 0.00638. The van der Waals surface area contributed by atoms with Crippen LogP contribution in [-0.4, -0.2) is 42.1 Å². The maximum Gasteiger partial charge on any atom is 0.255 e. The molecule has 1 spiro atoms. The zero-order chi connectivity index (χ0) is 19.1. The van der Waals surface area contributed by atoms with Crippen molar-refractivity contribution in [3.05, 3.63) is 65.2 Å². The standard InChI is InChI=1S/C22H21N3O3/c26-20-17-6-2-3-7-18(17)23-22(24-20)9-11-25(12-10-22)21(27)16-13-15-5-1-4-8-19(15)28-14-16/h1-8,13,23H,9-12,14H2,(H,24,26). The number of nitrogens with one attached hydrogen (secondary N) is 2. The van der Waals surface area contributed by atoms with Gasteiger partial charge in [0.1, 0.15) is 18.0 Å². The molecule has 2 amide bonds. The summed E-state index contributed by atoms with van der Waals surface area (Å²) >= 11 is 0. The molecule has 1 fully saturated rings. The second kappa shape index (κ2) is 6.41. The first-order valence-corrected chi connectivity index (χ1v) is 9.55. The van der Waals surface area contributed by atoms with Crippen molar-refractivity contribution in [2.45, 2.75) is 18.5 Å². The highest BCUT2D eigenvalue weighted by molar-refractivity contribution is 6.02. The summed E-state index contributed by atoms with van der Waals surface area (Å²) in [6.45, 7) is 1.44. The van der Waals surface area contributed by atoms with Crippen molar-refractivity contribution in [2.75, 3.05) is 25.0 Å². The van der Waals surface area contributed by atoms with Gasteiger partial charge in [0.15, 0.2) is 0 Å². The van der Waals surface area contributed by atoms with E-state index in [-0.39, 0.29) is 11.8 Å². The van der Waals surface area contributed by atoms with Gasteiger partial charge in [-0.15, -0.1) is 0 Å². The molecule has 2 N–H and O–H groups in total. The van der Waals surface area contributed by atoms with E-state index in [1.807, 2.05) is 59.5 Å². The summed E-state index contributed by atoms with van der Waals surface area (Å²) in [5.41, 5.74) is 2.62. The van der Waals surface area contributed by atoms with Crippen LogP contribution in [0.15, 0.2) is 54.1 Å². The molecule has 0 aliphatic carbocycles. The van der Waals surface area contributed by atoms with Gasteiger partial charge < -0.3 is 20.3 Å². The smallest absolute Gasteiger partial charge is 0.255 e. The number of rotatable bonds is 1. The van der Waals surface area contributed by atoms with Gasteiger partial charge in [-0.1, -0.05) is 30.3 Å². The third kappa shape index (κ3) is 2.81. The lowest BCUT2D eigenvalue weighted by Crippen LogP contribution is -2.62. The van der Waals surface area contributed by atoms with E-state index in [0.29, 0.717) is 43.7 Å². The lowest BCUT2D eigenvalue weighted by Gasteiger charge is -2.46. The molecular formula is C22H21N3O3. The highest BCUT2D eigenvalue weighted by Gasteiger charge is 2.41. The Morgan fingerprint density at radius 1 is 1.00 bits per heavy atom. The van der Waals surface area contributed by atoms with Crippen LogP contribution < -0.4 is 15.4 Å². The van der Waals surface area contributed by atoms with E-state index in [0.717, 1.165) is 17.0 Å². The van der Waals surface area contributed by atoms with Crippen molar-refractivity contribution in [1.29, 1.82) is 0 Å². The number of hydrogen-bond acceptors (Lipinski definition) is 4. The van der Waals surface area contributed by atoms with Crippen LogP contribution in [0.1, 0.15) is 28.8 Å². The Balaban J connectivity index is 1.30. The molecule has 28 heavy (non-hydrogen) atoms. The average Bonchev–Trinajstić information content (AvgIpc) is 2.73. The Morgan fingerprint density at radius 3 is 2.61 bits per heavy atom. The van der Waals surface area contributed by atoms with Gasteiger partial charge in [-0.2, -0.15) is 0 Å². The van der Waals surface area contributed by atoms with Crippen molar-refractivity contribution in [1.82, 2.24) is 10.2 Å². The number of para-hydroxylation sites is 2. The largest absolute Gasteiger partial charge is 0.488 e. The van der Waals surface area contributed by atoms with E-state index in [1.165, 1.54) is 0 Å². The fourth-order valence-electron chi connectivity index (χ4n) is 4.15. The zero-order valence-corrected chi connectivity index (χ0v) is 15.4. The maximum atomic E-state index is 13.0. The molecule has 3 aliphatic heterocycles. The third-order valence-corrected chi connectivity index (χ3v) is 5.71. The van der Waals surface area contributed by atoms with Crippen molar-refractivity contribution in [3.63, 3.8) is 0 Å². The topological polar surface area (TPSA) is 70.7 Å². The molecule has 0 unspecified atom stereocenters. The molecular weight excluding hydrogens is 354 g/mol. The van der Waals surface area contributed by atoms with Crippen LogP contribution in [0, 0.1) is 0 Å². The predicted molar refractivity (Wildman–Crippen MR) is 106 cm³/mol. The Morgan fingerprint density at radius 2 is 1.75 bits per heavy atom. The summed E-state index contributed by atoms with van der Waals surface area (Å²) in [6.07, 6.45) is 3.23. The summed E-state index contributed by atoms with van der Waals surface area (Å²) in [4.78, 5) is 27.3. The summed E-state index contributed by atoms with van der Waals surface area (Å²) < 4.78 is 5.73. The average molecular weight is 375 g/mol. The SMILES string of the molecule is O=C1NC2(CCN(C(=O)C3=Cc4ccccc4OC3)CC2)Nc2ccccc21. The molecule has 2 aromatic rings. The highest BCUT2D eigenvalue weighted by Crippen LogP contribution is 2.32. The van der Waals surface area contributed by atoms with E-state index in [1.54, 1.807) is 0 Å². The van der Waals surface area contributed by atoms with Gasteiger partial charge >= 0.3 is 0 Å². The molecule has 1 saturated heterocycles. The van der Waals surface area contributed by atoms with Gasteiger partial charge in [0.05, 0.1) is 11.1 Å². The number of amides is 2. The summed E-state index contributed by atoms with van der Waals surface area (Å²) in [6, 6.07) is 15.2. The monoisotopic (exact) mass is 375 g/mol. The first-order valence-electron chi connectivity index (χ1n) is 9.55. The highest BCUT2D eigenvalue weighted by atomic mass is 16.5. The number of benzene rings is 2. The van der Waals surface area contributed by atoms with Crippen LogP contribution in [0.4, 0.5) is 5.69 Å². The van der Waals surface area contributed by atoms with Crippen molar-refractivity contribution in [2.24, 2.45) is 0 Å². The van der Waals surface area contributed by atoms with Gasteiger partial charge in [-0.25, -0.2) is 0 Å². The molecule has 6 nitrogen and oxygen atoms in total. The number of likely N-dealkylation sites (tertiary alicyclic amines) is 1. The predicted octanol–water partition coefficient (Wildman–Crippen LogP) is 2.64. The van der Waals surface area contributed by atoms with Crippen LogP contribution in [0.3, 0.4) is 0 Å². The van der Waals surface area contributed by atoms with Crippen molar-refractivity contribution < 1.29 is 14.3 Å². The fraction of sp³-hybridized carbons (Fsp3) is 0.273. The van der Waals surface area contributed by atoms with Crippen LogP contribution in [0.5, 0.6) is 5.75 Å². The number of piperidine rings is 1. The van der Waals surface area contributed by atoms with Crippen molar-refractivity contribution in [3.8, 4) is 5.75 Å². The molecule has 5 rings (SSSR count). The van der Waals surface area contributed by atoms with Crippen LogP contribution in [-0.2, 0) is 4.79 Å². The van der Waals surface area contributed by atoms with Crippen LogP contribution >= 0.6 is 0 Å². The van der Waals surface area contributed by atoms with Gasteiger partial charge in [-0.3, -0.25) is 9.59 Å². The second-order valence-corrected chi connectivity index (χ2v) is 7.50. The van der Waals surface area contributed by atoms with Crippen LogP contribution in [0.2, 0.25) is 0 Å². The summed E-state index contributed by atoms with van der Waals surface area (Å²) in [5, 5.41) is 6.60. The zero-order valence-electron chi connectivity index (χ0n) is 15.4. The molecule has 3 heterocycles. The van der Waals surface area contributed by atoms with E-state index in [2.05, 4.69) is 10.6 Å². The van der Waals surface area contributed by atoms with Gasteiger partial charge in [0.25, 0.3) is 11.8 Å². The molecule has 0 bridgehead atoms. The Hall–Kier alpha value is -3.28. The molecule has 0 saturated carbocycles. The fourth-order valence-corrected chi connectivity index (χ4v) is 4.15. The number of carbonyl (C=O) groups excluding carboxylic acids is 2. The molecule has 6 heteroatoms. The van der Waals surface area contributed by atoms with E-state index >= 15 is 0 Å². The first-order chi connectivity index (χ1) is 13.6. The van der Waals surface area contributed by atoms with Gasteiger partial charge in [0, 0.05) is 37.2 Å². The van der Waals surface area contributed by atoms with Gasteiger partial charge in [-0.05, 0) is 24.3 Å². The molecule has 0 radical (unpaired) electrons. The third-order valence-electron chi connectivity index (χ3n) is 5.71. The summed E-state index contributed by atoms with van der Waals surface area (Å²) in [7, 11) is 0. The van der Waals surface area contributed by atoms with Crippen LogP contribution in [0.25, 0.3) is 6.08 Å². The minimum atomic E-state index is -0.494. The van der Waals surface area contributed by atoms with E-state index in [4.69, 9.17) is 4.74 Å². The Kier molecular flexibility index (Phi) is 3.86. The molecule has 142 valence electrons. The molecule has 2 aromatic carbocycles. The Bertz CT molecular complexity index is 990. The number of ether oxygens (including phenoxy) is 1. The maximum absolute atomic E-state index is 13.0. The number of hydrogen-bond donors (Lipinski definition) is 2. The summed E-state index contributed by atoms with van der Waals surface area (Å²) in [5.74, 6) is 0.755. The minimum Gasteiger partial charge on any atom is -0.488 e. The lowest BCUT2D eigenvalue weighted by atomic mass is 9.92. The molecule has 0 aromatic heterocycles. The van der Waals surface area contributed by atoms with Gasteiger partial charge in [0.2, 0.25) is 0 Å². The number of carbonyl (C=O) groups is 2. The number of nitrogens with zero attached hydrogens (tertiary/aromatic N) is 1. The molecule has 3 aliphatic rings.